The number of carbonyl (C=O) groups is 3. The fraction of sp³-hybridized carbons (Fsp3) is 0.357. The Balaban J connectivity index is 2.90. The number of nitrogens with zero attached hydrogens (tertiary/aromatic N) is 1. The first-order valence-electron chi connectivity index (χ1n) is 6.17. The molecule has 0 aliphatic heterocycles. The van der Waals surface area contributed by atoms with Gasteiger partial charge in [-0.05, 0) is 12.1 Å². The molecule has 108 valence electrons. The molecule has 0 saturated carbocycles. The van der Waals surface area contributed by atoms with Gasteiger partial charge < -0.3 is 15.3 Å². The summed E-state index contributed by atoms with van der Waals surface area (Å²) < 4.78 is 0. The van der Waals surface area contributed by atoms with Gasteiger partial charge in [0, 0.05) is 20.6 Å². The molecule has 0 aliphatic carbocycles. The van der Waals surface area contributed by atoms with Crippen molar-refractivity contribution in [3.8, 4) is 0 Å². The van der Waals surface area contributed by atoms with Crippen LogP contribution < -0.4 is 5.32 Å². The van der Waals surface area contributed by atoms with Crippen LogP contribution in [0.5, 0.6) is 0 Å². The summed E-state index contributed by atoms with van der Waals surface area (Å²) >= 11 is 0. The van der Waals surface area contributed by atoms with Crippen LogP contribution in [-0.4, -0.2) is 48.4 Å². The van der Waals surface area contributed by atoms with Gasteiger partial charge in [-0.2, -0.15) is 0 Å². The minimum Gasteiger partial charge on any atom is -0.478 e. The zero-order valence-corrected chi connectivity index (χ0v) is 11.7. The normalized spacial score (nSPS) is 11.6. The van der Waals surface area contributed by atoms with Gasteiger partial charge in [-0.1, -0.05) is 19.1 Å². The largest absolute Gasteiger partial charge is 0.478 e. The first-order chi connectivity index (χ1) is 9.38. The van der Waals surface area contributed by atoms with Crippen molar-refractivity contribution >= 4 is 17.8 Å². The van der Waals surface area contributed by atoms with E-state index >= 15 is 0 Å². The molecule has 0 heterocycles. The quantitative estimate of drug-likeness (QED) is 0.835. The Bertz CT molecular complexity index is 528. The number of hydrogen-bond acceptors (Lipinski definition) is 3. The van der Waals surface area contributed by atoms with E-state index in [1.807, 2.05) is 0 Å². The van der Waals surface area contributed by atoms with Gasteiger partial charge in [0.1, 0.15) is 0 Å². The number of carboxylic acid groups (broad SMARTS) is 1. The van der Waals surface area contributed by atoms with E-state index in [0.717, 1.165) is 0 Å². The lowest BCUT2D eigenvalue weighted by molar-refractivity contribution is -0.124. The lowest BCUT2D eigenvalue weighted by atomic mass is 10.1. The Morgan fingerprint density at radius 3 is 2.30 bits per heavy atom. The Morgan fingerprint density at radius 2 is 1.80 bits per heavy atom. The second kappa shape index (κ2) is 6.70. The van der Waals surface area contributed by atoms with E-state index in [9.17, 15) is 14.4 Å². The van der Waals surface area contributed by atoms with Gasteiger partial charge >= 0.3 is 5.97 Å². The molecular weight excluding hydrogens is 260 g/mol. The van der Waals surface area contributed by atoms with Gasteiger partial charge in [-0.25, -0.2) is 4.79 Å². The van der Waals surface area contributed by atoms with Crippen LogP contribution in [0.3, 0.4) is 0 Å². The minimum absolute atomic E-state index is 0.0445. The van der Waals surface area contributed by atoms with Crippen molar-refractivity contribution in [2.24, 2.45) is 5.92 Å². The third-order valence-electron chi connectivity index (χ3n) is 2.98. The number of carbonyl (C=O) groups excluding carboxylic acids is 2. The van der Waals surface area contributed by atoms with Gasteiger partial charge in [0.05, 0.1) is 17.0 Å². The van der Waals surface area contributed by atoms with Crippen molar-refractivity contribution in [3.63, 3.8) is 0 Å². The van der Waals surface area contributed by atoms with Crippen molar-refractivity contribution < 1.29 is 19.5 Å². The zero-order chi connectivity index (χ0) is 15.3. The molecule has 6 nitrogen and oxygen atoms in total. The third-order valence-corrected chi connectivity index (χ3v) is 2.98. The maximum Gasteiger partial charge on any atom is 0.336 e. The van der Waals surface area contributed by atoms with Crippen molar-refractivity contribution in [1.82, 2.24) is 10.2 Å². The van der Waals surface area contributed by atoms with Gasteiger partial charge in [0.2, 0.25) is 5.91 Å². The van der Waals surface area contributed by atoms with Crippen LogP contribution in [0, 0.1) is 5.92 Å². The van der Waals surface area contributed by atoms with Crippen LogP contribution in [0.4, 0.5) is 0 Å². The minimum atomic E-state index is -1.15. The molecular formula is C14H18N2O4. The van der Waals surface area contributed by atoms with E-state index < -0.39 is 11.9 Å². The summed E-state index contributed by atoms with van der Waals surface area (Å²) in [6.07, 6.45) is 0. The lowest BCUT2D eigenvalue weighted by Gasteiger charge is -2.21. The molecule has 0 aliphatic rings. The van der Waals surface area contributed by atoms with Crippen LogP contribution in [0.2, 0.25) is 0 Å². The van der Waals surface area contributed by atoms with E-state index in [-0.39, 0.29) is 29.5 Å². The highest BCUT2D eigenvalue weighted by molar-refractivity contribution is 6.04. The van der Waals surface area contributed by atoms with Gasteiger partial charge in [0.15, 0.2) is 0 Å². The summed E-state index contributed by atoms with van der Waals surface area (Å²) in [7, 11) is 3.07. The highest BCUT2D eigenvalue weighted by Gasteiger charge is 2.22. The molecule has 2 amide bonds. The van der Waals surface area contributed by atoms with Crippen LogP contribution in [0.1, 0.15) is 27.6 Å². The topological polar surface area (TPSA) is 86.7 Å². The summed E-state index contributed by atoms with van der Waals surface area (Å²) in [5.41, 5.74) is 0.0727. The van der Waals surface area contributed by atoms with Crippen LogP contribution >= 0.6 is 0 Å². The first-order valence-corrected chi connectivity index (χ1v) is 6.17. The average molecular weight is 278 g/mol. The molecule has 1 atom stereocenters. The number of carboxylic acids is 1. The fourth-order valence-corrected chi connectivity index (χ4v) is 1.88. The molecule has 0 saturated heterocycles. The molecule has 0 bridgehead atoms. The SMILES string of the molecule is CNC(=O)C(C)CN(C)C(=O)c1ccccc1C(=O)O. The van der Waals surface area contributed by atoms with Crippen LogP contribution in [0.25, 0.3) is 0 Å². The molecule has 1 rings (SSSR count). The smallest absolute Gasteiger partial charge is 0.336 e. The predicted octanol–water partition coefficient (Wildman–Crippen LogP) is 0.839. The number of aromatic carboxylic acids is 1. The average Bonchev–Trinajstić information content (AvgIpc) is 2.45. The highest BCUT2D eigenvalue weighted by Crippen LogP contribution is 2.12. The summed E-state index contributed by atoms with van der Waals surface area (Å²) in [4.78, 5) is 36.1. The molecule has 1 aromatic rings. The van der Waals surface area contributed by atoms with E-state index in [0.29, 0.717) is 0 Å². The Labute approximate surface area is 117 Å². The summed E-state index contributed by atoms with van der Waals surface area (Å²) in [6.45, 7) is 1.91. The standard InChI is InChI=1S/C14H18N2O4/c1-9(12(17)15-2)8-16(3)13(18)10-6-4-5-7-11(10)14(19)20/h4-7,9H,8H2,1-3H3,(H,15,17)(H,19,20). The second-order valence-electron chi connectivity index (χ2n) is 4.55. The number of hydrogen-bond donors (Lipinski definition) is 2. The Morgan fingerprint density at radius 1 is 1.25 bits per heavy atom. The molecule has 0 fully saturated rings. The van der Waals surface area contributed by atoms with Gasteiger partial charge in [0.25, 0.3) is 5.91 Å². The van der Waals surface area contributed by atoms with Gasteiger partial charge in [-0.3, -0.25) is 9.59 Å². The molecule has 0 radical (unpaired) electrons. The number of nitrogens with one attached hydrogen (secondary N) is 1. The second-order valence-corrected chi connectivity index (χ2v) is 4.55. The van der Waals surface area contributed by atoms with Gasteiger partial charge in [-0.15, -0.1) is 0 Å². The van der Waals surface area contributed by atoms with Crippen LogP contribution in [0.15, 0.2) is 24.3 Å². The van der Waals surface area contributed by atoms with Crippen molar-refractivity contribution in [2.75, 3.05) is 20.6 Å². The Hall–Kier alpha value is -2.37. The van der Waals surface area contributed by atoms with Crippen molar-refractivity contribution in [3.05, 3.63) is 35.4 Å². The Kier molecular flexibility index (Phi) is 5.25. The lowest BCUT2D eigenvalue weighted by Crippen LogP contribution is -2.37. The van der Waals surface area contributed by atoms with E-state index in [1.54, 1.807) is 26.1 Å². The molecule has 0 aromatic heterocycles. The molecule has 1 unspecified atom stereocenters. The van der Waals surface area contributed by atoms with E-state index in [4.69, 9.17) is 5.11 Å². The van der Waals surface area contributed by atoms with E-state index in [2.05, 4.69) is 5.32 Å². The maximum atomic E-state index is 12.2. The zero-order valence-electron chi connectivity index (χ0n) is 11.7. The summed E-state index contributed by atoms with van der Waals surface area (Å²) in [5.74, 6) is -2.11. The molecule has 20 heavy (non-hydrogen) atoms. The number of rotatable bonds is 5. The summed E-state index contributed by atoms with van der Waals surface area (Å²) in [6, 6.07) is 6.02. The first kappa shape index (κ1) is 15.7. The van der Waals surface area contributed by atoms with E-state index in [1.165, 1.54) is 24.1 Å². The molecule has 1 aromatic carbocycles. The van der Waals surface area contributed by atoms with Crippen molar-refractivity contribution in [1.29, 1.82) is 0 Å². The molecule has 6 heteroatoms. The highest BCUT2D eigenvalue weighted by atomic mass is 16.4. The summed E-state index contributed by atoms with van der Waals surface area (Å²) in [5, 5.41) is 11.6. The monoisotopic (exact) mass is 278 g/mol. The third kappa shape index (κ3) is 3.57. The fourth-order valence-electron chi connectivity index (χ4n) is 1.88. The molecule has 2 N–H and O–H groups in total. The molecule has 0 spiro atoms. The van der Waals surface area contributed by atoms with Crippen molar-refractivity contribution in [2.45, 2.75) is 6.92 Å². The van der Waals surface area contributed by atoms with Crippen LogP contribution in [-0.2, 0) is 4.79 Å². The maximum absolute atomic E-state index is 12.2. The number of amides is 2. The number of benzene rings is 1. The predicted molar refractivity (Wildman–Crippen MR) is 73.6 cm³/mol.